The highest BCUT2D eigenvalue weighted by molar-refractivity contribution is 6.30. The molecule has 220 valence electrons. The van der Waals surface area contributed by atoms with Gasteiger partial charge in [-0.25, -0.2) is 4.79 Å². The molecule has 1 aromatic heterocycles. The van der Waals surface area contributed by atoms with Crippen LogP contribution in [0.15, 0.2) is 48.7 Å². The van der Waals surface area contributed by atoms with E-state index < -0.39 is 18.2 Å². The van der Waals surface area contributed by atoms with E-state index in [1.807, 2.05) is 30.5 Å². The van der Waals surface area contributed by atoms with Gasteiger partial charge >= 0.3 is 12.1 Å². The number of aliphatic carboxylic acids is 1. The van der Waals surface area contributed by atoms with E-state index in [-0.39, 0.29) is 24.6 Å². The molecule has 6 N–H and O–H groups in total. The summed E-state index contributed by atoms with van der Waals surface area (Å²) in [4.78, 5) is 25.0. The van der Waals surface area contributed by atoms with Gasteiger partial charge in [-0.3, -0.25) is 4.79 Å². The van der Waals surface area contributed by atoms with E-state index in [0.29, 0.717) is 23.0 Å². The Kier molecular flexibility index (Phi) is 12.4. The molecule has 1 heterocycles. The first-order valence-electron chi connectivity index (χ1n) is 12.7. The van der Waals surface area contributed by atoms with E-state index in [1.165, 1.54) is 0 Å². The highest BCUT2D eigenvalue weighted by Crippen LogP contribution is 2.24. The number of aliphatic hydroxyl groups is 2. The zero-order valence-electron chi connectivity index (χ0n) is 22.4. The highest BCUT2D eigenvalue weighted by atomic mass is 35.5. The Bertz CT molecular complexity index is 1270. The van der Waals surface area contributed by atoms with Crippen LogP contribution < -0.4 is 10.6 Å². The Labute approximate surface area is 235 Å². The molecule has 12 heteroatoms. The monoisotopic (exact) mass is 585 g/mol. The van der Waals surface area contributed by atoms with E-state index in [4.69, 9.17) is 21.5 Å². The molecular formula is C28H35ClF3N3O5. The third-order valence-electron chi connectivity index (χ3n) is 6.02. The van der Waals surface area contributed by atoms with Crippen LogP contribution in [0.1, 0.15) is 54.8 Å². The number of aromatic nitrogens is 1. The fourth-order valence-corrected chi connectivity index (χ4v) is 4.33. The van der Waals surface area contributed by atoms with Crippen LogP contribution in [0, 0.1) is 5.92 Å². The number of benzene rings is 2. The summed E-state index contributed by atoms with van der Waals surface area (Å²) in [5.41, 5.74) is 3.23. The van der Waals surface area contributed by atoms with Gasteiger partial charge in [0.1, 0.15) is 0 Å². The molecule has 0 fully saturated rings. The number of hydrogen-bond donors (Lipinski definition) is 6. The van der Waals surface area contributed by atoms with Crippen LogP contribution in [0.4, 0.5) is 13.2 Å². The van der Waals surface area contributed by atoms with Crippen LogP contribution in [-0.2, 0) is 11.2 Å². The van der Waals surface area contributed by atoms with Crippen LogP contribution in [0.3, 0.4) is 0 Å². The Morgan fingerprint density at radius 2 is 1.75 bits per heavy atom. The normalized spacial score (nSPS) is 13.8. The van der Waals surface area contributed by atoms with Gasteiger partial charge < -0.3 is 30.9 Å². The molecule has 8 nitrogen and oxygen atoms in total. The molecule has 3 rings (SSSR count). The fraction of sp³-hybridized carbons (Fsp3) is 0.429. The van der Waals surface area contributed by atoms with Crippen molar-refractivity contribution in [2.24, 2.45) is 5.92 Å². The number of para-hydroxylation sites is 1. The lowest BCUT2D eigenvalue weighted by Gasteiger charge is -2.18. The average Bonchev–Trinajstić information content (AvgIpc) is 3.29. The lowest BCUT2D eigenvalue weighted by atomic mass is 10.0. The number of carbonyl (C=O) groups is 2. The number of aliphatic hydroxyl groups excluding tert-OH is 2. The summed E-state index contributed by atoms with van der Waals surface area (Å²) in [6, 6.07) is 12.8. The van der Waals surface area contributed by atoms with Crippen molar-refractivity contribution < 1.29 is 38.1 Å². The molecular weight excluding hydrogens is 551 g/mol. The number of rotatable bonds is 11. The molecule has 0 aliphatic heterocycles. The molecule has 3 atom stereocenters. The van der Waals surface area contributed by atoms with Crippen molar-refractivity contribution in [2.45, 2.75) is 58.0 Å². The number of carboxylic acids is 1. The number of carbonyl (C=O) groups excluding carboxylic acids is 1. The number of amides is 1. The second kappa shape index (κ2) is 15.0. The number of fused-ring (bicyclic) bond motifs is 1. The predicted octanol–water partition coefficient (Wildman–Crippen LogP) is 4.85. The zero-order valence-corrected chi connectivity index (χ0v) is 23.2. The van der Waals surface area contributed by atoms with Gasteiger partial charge in [-0.15, -0.1) is 0 Å². The van der Waals surface area contributed by atoms with E-state index in [2.05, 4.69) is 36.4 Å². The maximum absolute atomic E-state index is 12.9. The minimum absolute atomic E-state index is 0.0832. The van der Waals surface area contributed by atoms with Crippen molar-refractivity contribution in [1.82, 2.24) is 15.6 Å². The molecule has 3 aromatic rings. The summed E-state index contributed by atoms with van der Waals surface area (Å²) in [5, 5.41) is 35.1. The molecule has 2 aromatic carbocycles. The van der Waals surface area contributed by atoms with Gasteiger partial charge in [-0.2, -0.15) is 13.2 Å². The van der Waals surface area contributed by atoms with Gasteiger partial charge in [-0.05, 0) is 55.0 Å². The fourth-order valence-electron chi connectivity index (χ4n) is 4.13. The van der Waals surface area contributed by atoms with Gasteiger partial charge in [0.05, 0.1) is 29.8 Å². The summed E-state index contributed by atoms with van der Waals surface area (Å²) < 4.78 is 31.7. The quantitative estimate of drug-likeness (QED) is 0.191. The number of hydrogen-bond acceptors (Lipinski definition) is 5. The largest absolute Gasteiger partial charge is 0.490 e. The predicted molar refractivity (Wildman–Crippen MR) is 147 cm³/mol. The second-order valence-electron chi connectivity index (χ2n) is 9.91. The van der Waals surface area contributed by atoms with Gasteiger partial charge in [0.25, 0.3) is 5.91 Å². The molecule has 0 saturated heterocycles. The van der Waals surface area contributed by atoms with E-state index in [1.54, 1.807) is 18.2 Å². The van der Waals surface area contributed by atoms with Crippen molar-refractivity contribution >= 4 is 34.4 Å². The van der Waals surface area contributed by atoms with Crippen LogP contribution >= 0.6 is 11.6 Å². The zero-order chi connectivity index (χ0) is 30.0. The van der Waals surface area contributed by atoms with Gasteiger partial charge in [-0.1, -0.05) is 49.7 Å². The van der Waals surface area contributed by atoms with Crippen molar-refractivity contribution in [3.8, 4) is 0 Å². The Morgan fingerprint density at radius 3 is 2.33 bits per heavy atom. The topological polar surface area (TPSA) is 135 Å². The number of carboxylic acid groups (broad SMARTS) is 1. The Morgan fingerprint density at radius 1 is 1.10 bits per heavy atom. The Hall–Kier alpha value is -3.12. The van der Waals surface area contributed by atoms with Crippen LogP contribution in [-0.4, -0.2) is 63.6 Å². The molecule has 0 aliphatic carbocycles. The first kappa shape index (κ1) is 33.1. The van der Waals surface area contributed by atoms with E-state index in [9.17, 15) is 28.2 Å². The second-order valence-corrected chi connectivity index (χ2v) is 10.3. The number of nitrogens with one attached hydrogen (secondary N) is 3. The average molecular weight is 586 g/mol. The minimum atomic E-state index is -5.08. The number of H-pyrrole nitrogens is 1. The van der Waals surface area contributed by atoms with Crippen molar-refractivity contribution in [1.29, 1.82) is 0 Å². The first-order valence-corrected chi connectivity index (χ1v) is 13.1. The lowest BCUT2D eigenvalue weighted by molar-refractivity contribution is -0.192. The first-order chi connectivity index (χ1) is 18.7. The smallest absolute Gasteiger partial charge is 0.475 e. The van der Waals surface area contributed by atoms with Crippen LogP contribution in [0.25, 0.3) is 10.9 Å². The molecule has 0 saturated carbocycles. The summed E-state index contributed by atoms with van der Waals surface area (Å²) in [6.07, 6.45) is -2.34. The van der Waals surface area contributed by atoms with Crippen LogP contribution in [0.2, 0.25) is 5.02 Å². The number of halogens is 4. The minimum Gasteiger partial charge on any atom is -0.475 e. The third-order valence-corrected chi connectivity index (χ3v) is 6.25. The van der Waals surface area contributed by atoms with Crippen LogP contribution in [0.5, 0.6) is 0 Å². The molecule has 0 unspecified atom stereocenters. The van der Waals surface area contributed by atoms with Gasteiger partial charge in [0.2, 0.25) is 0 Å². The van der Waals surface area contributed by atoms with Crippen molar-refractivity contribution in [2.75, 3.05) is 13.2 Å². The molecule has 0 aliphatic rings. The van der Waals surface area contributed by atoms with E-state index in [0.717, 1.165) is 34.9 Å². The summed E-state index contributed by atoms with van der Waals surface area (Å²) >= 11 is 6.02. The maximum atomic E-state index is 12.9. The standard InChI is InChI=1S/C26H34ClN3O3.C2HF3O2/c1-16(2)10-21(15-31)30-26(33)23-9-5-8-22-19(13-29-25(22)23)11-17(3)28-14-24(32)18-6-4-7-20(27)12-18;3-2(4,5)1(6)7/h4-9,12-13,16-17,21,24,28-29,31-32H,10-11,14-15H2,1-3H3,(H,30,33);(H,6,7)/t17-,21+,24+;/m1./s1. The number of aromatic amines is 1. The van der Waals surface area contributed by atoms with Gasteiger partial charge in [0, 0.05) is 29.2 Å². The highest BCUT2D eigenvalue weighted by Gasteiger charge is 2.38. The summed E-state index contributed by atoms with van der Waals surface area (Å²) in [5.74, 6) is -2.57. The summed E-state index contributed by atoms with van der Waals surface area (Å²) in [7, 11) is 0. The molecule has 0 radical (unpaired) electrons. The molecule has 0 bridgehead atoms. The third kappa shape index (κ3) is 10.1. The molecule has 0 spiro atoms. The Balaban J connectivity index is 0.000000708. The van der Waals surface area contributed by atoms with Gasteiger partial charge in [0.15, 0.2) is 0 Å². The van der Waals surface area contributed by atoms with Crippen molar-refractivity contribution in [3.05, 3.63) is 70.4 Å². The lowest BCUT2D eigenvalue weighted by Crippen LogP contribution is -2.38. The van der Waals surface area contributed by atoms with Crippen molar-refractivity contribution in [3.63, 3.8) is 0 Å². The molecule has 40 heavy (non-hydrogen) atoms. The molecule has 1 amide bonds. The SMILES string of the molecule is CC(C)C[C@@H](CO)NC(=O)c1cccc2c(C[C@@H](C)NC[C@H](O)c3cccc(Cl)c3)c[nH]c12.O=C(O)C(F)(F)F. The maximum Gasteiger partial charge on any atom is 0.490 e. The number of alkyl halides is 3. The van der Waals surface area contributed by atoms with E-state index >= 15 is 0 Å². The summed E-state index contributed by atoms with van der Waals surface area (Å²) in [6.45, 7) is 6.53.